The number of halogens is 1. The first-order valence-electron chi connectivity index (χ1n) is 5.85. The highest BCUT2D eigenvalue weighted by Gasteiger charge is 2.06. The summed E-state index contributed by atoms with van der Waals surface area (Å²) in [6.45, 7) is 0. The number of carbonyl (C=O) groups is 1. The Morgan fingerprint density at radius 3 is 2.89 bits per heavy atom. The zero-order chi connectivity index (χ0) is 13.7. The van der Waals surface area contributed by atoms with Crippen molar-refractivity contribution in [3.8, 4) is 5.75 Å². The second-order valence-corrected chi connectivity index (χ2v) is 5.42. The summed E-state index contributed by atoms with van der Waals surface area (Å²) in [6, 6.07) is 9.21. The van der Waals surface area contributed by atoms with Crippen LogP contribution < -0.4 is 10.1 Å². The summed E-state index contributed by atoms with van der Waals surface area (Å²) in [5.41, 5.74) is 0.682. The molecule has 5 heteroatoms. The highest BCUT2D eigenvalue weighted by Crippen LogP contribution is 2.27. The normalized spacial score (nSPS) is 10.2. The van der Waals surface area contributed by atoms with Gasteiger partial charge in [-0.05, 0) is 36.1 Å². The fourth-order valence-electron chi connectivity index (χ4n) is 1.66. The van der Waals surface area contributed by atoms with Crippen LogP contribution in [0.3, 0.4) is 0 Å². The van der Waals surface area contributed by atoms with E-state index in [9.17, 15) is 4.79 Å². The van der Waals surface area contributed by atoms with Gasteiger partial charge in [-0.1, -0.05) is 17.7 Å². The number of methoxy groups -OCH3 is 1. The molecule has 0 unspecified atom stereocenters. The van der Waals surface area contributed by atoms with E-state index in [4.69, 9.17) is 16.3 Å². The van der Waals surface area contributed by atoms with Gasteiger partial charge in [-0.3, -0.25) is 4.79 Å². The average molecular weight is 296 g/mol. The third-order valence-electron chi connectivity index (χ3n) is 2.61. The van der Waals surface area contributed by atoms with Gasteiger partial charge in [0.05, 0.1) is 12.1 Å². The first kappa shape index (κ1) is 13.9. The van der Waals surface area contributed by atoms with E-state index in [2.05, 4.69) is 5.32 Å². The Balaban J connectivity index is 1.90. The third kappa shape index (κ3) is 3.98. The van der Waals surface area contributed by atoms with E-state index < -0.39 is 0 Å². The van der Waals surface area contributed by atoms with Crippen LogP contribution in [0.2, 0.25) is 5.02 Å². The lowest BCUT2D eigenvalue weighted by Crippen LogP contribution is -2.12. The number of thiophene rings is 1. The van der Waals surface area contributed by atoms with Crippen LogP contribution in [0.1, 0.15) is 11.3 Å². The molecule has 1 aromatic heterocycles. The zero-order valence-electron chi connectivity index (χ0n) is 10.5. The molecule has 0 saturated heterocycles. The fourth-order valence-corrected chi connectivity index (χ4v) is 2.63. The number of nitrogens with one attached hydrogen (secondary N) is 1. The molecule has 1 heterocycles. The largest absolute Gasteiger partial charge is 0.495 e. The lowest BCUT2D eigenvalue weighted by Gasteiger charge is -2.07. The number of carbonyl (C=O) groups excluding carboxylic acids is 1. The van der Waals surface area contributed by atoms with E-state index in [0.717, 1.165) is 6.42 Å². The molecule has 1 N–H and O–H groups in total. The van der Waals surface area contributed by atoms with E-state index in [1.807, 2.05) is 17.5 Å². The number of aryl methyl sites for hydroxylation is 1. The number of amides is 1. The second kappa shape index (κ2) is 6.59. The van der Waals surface area contributed by atoms with E-state index in [1.54, 1.807) is 36.6 Å². The van der Waals surface area contributed by atoms with Crippen molar-refractivity contribution in [3.63, 3.8) is 0 Å². The molecule has 0 fully saturated rings. The standard InChI is InChI=1S/C14H14ClNO2S/c1-18-13-6-4-10(9-12(13)15)16-14(17)7-5-11-3-2-8-19-11/h2-4,6,8-9H,5,7H2,1H3,(H,16,17). The first-order valence-corrected chi connectivity index (χ1v) is 7.10. The van der Waals surface area contributed by atoms with Crippen molar-refractivity contribution in [1.82, 2.24) is 0 Å². The maximum absolute atomic E-state index is 11.8. The average Bonchev–Trinajstić information content (AvgIpc) is 2.90. The van der Waals surface area contributed by atoms with Gasteiger partial charge in [0.1, 0.15) is 5.75 Å². The summed E-state index contributed by atoms with van der Waals surface area (Å²) in [6.07, 6.45) is 1.22. The fraction of sp³-hybridized carbons (Fsp3) is 0.214. The summed E-state index contributed by atoms with van der Waals surface area (Å²) in [5, 5.41) is 5.32. The maximum Gasteiger partial charge on any atom is 0.224 e. The van der Waals surface area contributed by atoms with Crippen molar-refractivity contribution in [3.05, 3.63) is 45.6 Å². The molecule has 1 aromatic carbocycles. The Hall–Kier alpha value is -1.52. The highest BCUT2D eigenvalue weighted by molar-refractivity contribution is 7.09. The molecule has 2 aromatic rings. The summed E-state index contributed by atoms with van der Waals surface area (Å²) < 4.78 is 5.06. The molecule has 3 nitrogen and oxygen atoms in total. The van der Waals surface area contributed by atoms with Crippen LogP contribution >= 0.6 is 22.9 Å². The Morgan fingerprint density at radius 2 is 2.26 bits per heavy atom. The summed E-state index contributed by atoms with van der Waals surface area (Å²) >= 11 is 7.66. The SMILES string of the molecule is COc1ccc(NC(=O)CCc2cccs2)cc1Cl. The topological polar surface area (TPSA) is 38.3 Å². The highest BCUT2D eigenvalue weighted by atomic mass is 35.5. The van der Waals surface area contributed by atoms with Crippen molar-refractivity contribution in [2.24, 2.45) is 0 Å². The molecule has 2 rings (SSSR count). The molecule has 0 radical (unpaired) electrons. The molecular formula is C14H14ClNO2S. The molecule has 0 atom stereocenters. The quantitative estimate of drug-likeness (QED) is 0.906. The molecular weight excluding hydrogens is 282 g/mol. The molecule has 0 bridgehead atoms. The number of hydrogen-bond acceptors (Lipinski definition) is 3. The summed E-state index contributed by atoms with van der Waals surface area (Å²) in [5.74, 6) is 0.577. The van der Waals surface area contributed by atoms with Crippen LogP contribution in [0.5, 0.6) is 5.75 Å². The predicted molar refractivity (Wildman–Crippen MR) is 79.3 cm³/mol. The van der Waals surface area contributed by atoms with Crippen LogP contribution in [0.25, 0.3) is 0 Å². The Kier molecular flexibility index (Phi) is 4.82. The van der Waals surface area contributed by atoms with Crippen LogP contribution in [0.15, 0.2) is 35.7 Å². The van der Waals surface area contributed by atoms with Gasteiger partial charge in [-0.15, -0.1) is 11.3 Å². The van der Waals surface area contributed by atoms with Gasteiger partial charge < -0.3 is 10.1 Å². The monoisotopic (exact) mass is 295 g/mol. The van der Waals surface area contributed by atoms with Crippen LogP contribution in [0, 0.1) is 0 Å². The molecule has 0 spiro atoms. The van der Waals surface area contributed by atoms with Crippen LogP contribution in [0.4, 0.5) is 5.69 Å². The van der Waals surface area contributed by atoms with Crippen molar-refractivity contribution in [2.45, 2.75) is 12.8 Å². The van der Waals surface area contributed by atoms with Gasteiger partial charge in [-0.25, -0.2) is 0 Å². The Bertz CT molecular complexity index is 555. The number of benzene rings is 1. The van der Waals surface area contributed by atoms with Crippen molar-refractivity contribution in [1.29, 1.82) is 0 Å². The molecule has 0 aliphatic heterocycles. The lowest BCUT2D eigenvalue weighted by atomic mass is 10.2. The first-order chi connectivity index (χ1) is 9.19. The molecule has 19 heavy (non-hydrogen) atoms. The molecule has 100 valence electrons. The number of hydrogen-bond donors (Lipinski definition) is 1. The predicted octanol–water partition coefficient (Wildman–Crippen LogP) is 3.98. The molecule has 0 saturated carbocycles. The second-order valence-electron chi connectivity index (χ2n) is 3.98. The van der Waals surface area contributed by atoms with E-state index >= 15 is 0 Å². The zero-order valence-corrected chi connectivity index (χ0v) is 12.1. The van der Waals surface area contributed by atoms with Crippen molar-refractivity contribution in [2.75, 3.05) is 12.4 Å². The smallest absolute Gasteiger partial charge is 0.224 e. The van der Waals surface area contributed by atoms with Crippen molar-refractivity contribution < 1.29 is 9.53 Å². The van der Waals surface area contributed by atoms with E-state index in [-0.39, 0.29) is 5.91 Å². The minimum absolute atomic E-state index is 0.0189. The maximum atomic E-state index is 11.8. The van der Waals surface area contributed by atoms with E-state index in [0.29, 0.717) is 22.9 Å². The van der Waals surface area contributed by atoms with Gasteiger partial charge in [0, 0.05) is 17.0 Å². The van der Waals surface area contributed by atoms with Gasteiger partial charge in [0.15, 0.2) is 0 Å². The minimum atomic E-state index is -0.0189. The molecule has 1 amide bonds. The van der Waals surface area contributed by atoms with Gasteiger partial charge in [-0.2, -0.15) is 0 Å². The van der Waals surface area contributed by atoms with Gasteiger partial charge in [0.25, 0.3) is 0 Å². The summed E-state index contributed by atoms with van der Waals surface area (Å²) in [4.78, 5) is 13.0. The van der Waals surface area contributed by atoms with Crippen LogP contribution in [-0.2, 0) is 11.2 Å². The summed E-state index contributed by atoms with van der Waals surface area (Å²) in [7, 11) is 1.56. The van der Waals surface area contributed by atoms with Gasteiger partial charge >= 0.3 is 0 Å². The molecule has 0 aliphatic rings. The van der Waals surface area contributed by atoms with Gasteiger partial charge in [0.2, 0.25) is 5.91 Å². The Labute approximate surface area is 121 Å². The number of ether oxygens (including phenoxy) is 1. The van der Waals surface area contributed by atoms with Crippen molar-refractivity contribution >= 4 is 34.5 Å². The lowest BCUT2D eigenvalue weighted by molar-refractivity contribution is -0.116. The van der Waals surface area contributed by atoms with E-state index in [1.165, 1.54) is 4.88 Å². The molecule has 0 aliphatic carbocycles. The van der Waals surface area contributed by atoms with Crippen LogP contribution in [-0.4, -0.2) is 13.0 Å². The Morgan fingerprint density at radius 1 is 1.42 bits per heavy atom. The third-order valence-corrected chi connectivity index (χ3v) is 3.85. The number of rotatable bonds is 5. The number of anilines is 1. The minimum Gasteiger partial charge on any atom is -0.495 e.